The Morgan fingerprint density at radius 2 is 1.84 bits per heavy atom. The van der Waals surface area contributed by atoms with E-state index in [-0.39, 0.29) is 23.6 Å². The van der Waals surface area contributed by atoms with Crippen molar-refractivity contribution in [2.45, 2.75) is 26.7 Å². The normalized spacial score (nSPS) is 14.1. The molecule has 2 aromatic rings. The van der Waals surface area contributed by atoms with Crippen LogP contribution in [0.5, 0.6) is 0 Å². The molecule has 8 nitrogen and oxygen atoms in total. The third-order valence-electron chi connectivity index (χ3n) is 5.15. The van der Waals surface area contributed by atoms with Gasteiger partial charge in [0.1, 0.15) is 0 Å². The van der Waals surface area contributed by atoms with Crippen LogP contribution in [0.1, 0.15) is 57.8 Å². The average Bonchev–Trinajstić information content (AvgIpc) is 3.32. The van der Waals surface area contributed by atoms with Gasteiger partial charge in [-0.2, -0.15) is 11.3 Å². The van der Waals surface area contributed by atoms with Crippen molar-refractivity contribution < 1.29 is 23.9 Å². The molecule has 0 aliphatic carbocycles. The van der Waals surface area contributed by atoms with Crippen LogP contribution < -0.4 is 5.43 Å². The van der Waals surface area contributed by atoms with Crippen LogP contribution in [0.25, 0.3) is 0 Å². The first-order valence-corrected chi connectivity index (χ1v) is 11.1. The van der Waals surface area contributed by atoms with Gasteiger partial charge >= 0.3 is 12.1 Å². The molecule has 3 amide bonds. The highest BCUT2D eigenvalue weighted by Crippen LogP contribution is 2.19. The highest BCUT2D eigenvalue weighted by atomic mass is 32.1. The lowest BCUT2D eigenvalue weighted by atomic mass is 9.98. The first-order valence-electron chi connectivity index (χ1n) is 10.1. The number of thiophene rings is 1. The number of hydrazine groups is 1. The summed E-state index contributed by atoms with van der Waals surface area (Å²) in [6.45, 7) is 5.29. The van der Waals surface area contributed by atoms with Crippen molar-refractivity contribution in [3.63, 3.8) is 0 Å². The second-order valence-corrected chi connectivity index (χ2v) is 8.19. The van der Waals surface area contributed by atoms with Crippen molar-refractivity contribution in [3.05, 3.63) is 57.8 Å². The van der Waals surface area contributed by atoms with Gasteiger partial charge in [-0.1, -0.05) is 13.0 Å². The van der Waals surface area contributed by atoms with E-state index >= 15 is 0 Å². The van der Waals surface area contributed by atoms with E-state index in [1.54, 1.807) is 46.8 Å². The highest BCUT2D eigenvalue weighted by molar-refractivity contribution is 7.08. The standard InChI is InChI=1S/C22H25N3O5S/c1-3-25(22(29)30-21(28)18-9-12-31-14-18)23-19(26)16-5-4-6-17(13-16)20(27)24-10-7-15(2)8-11-24/h4-6,9,12-15H,3,7-8,10-11H2,1-2H3,(H,23,26). The lowest BCUT2D eigenvalue weighted by molar-refractivity contribution is 0.0471. The Kier molecular flexibility index (Phi) is 7.41. The first-order chi connectivity index (χ1) is 14.9. The maximum Gasteiger partial charge on any atom is 0.436 e. The fourth-order valence-corrected chi connectivity index (χ4v) is 3.83. The fraction of sp³-hybridized carbons (Fsp3) is 0.364. The minimum Gasteiger partial charge on any atom is -0.371 e. The Morgan fingerprint density at radius 3 is 2.48 bits per heavy atom. The molecule has 9 heteroatoms. The number of carbonyl (C=O) groups is 4. The van der Waals surface area contributed by atoms with Crippen LogP contribution in [0, 0.1) is 5.92 Å². The number of likely N-dealkylation sites (tertiary alicyclic amines) is 1. The molecular formula is C22H25N3O5S. The lowest BCUT2D eigenvalue weighted by Crippen LogP contribution is -2.46. The molecule has 0 bridgehead atoms. The number of rotatable bonds is 4. The molecular weight excluding hydrogens is 418 g/mol. The van der Waals surface area contributed by atoms with E-state index in [9.17, 15) is 19.2 Å². The van der Waals surface area contributed by atoms with Gasteiger partial charge in [-0.15, -0.1) is 0 Å². The van der Waals surface area contributed by atoms with Crippen molar-refractivity contribution in [1.82, 2.24) is 15.3 Å². The summed E-state index contributed by atoms with van der Waals surface area (Å²) in [4.78, 5) is 51.5. The first kappa shape index (κ1) is 22.5. The smallest absolute Gasteiger partial charge is 0.371 e. The van der Waals surface area contributed by atoms with E-state index in [0.29, 0.717) is 24.6 Å². The van der Waals surface area contributed by atoms with Gasteiger partial charge in [0, 0.05) is 36.1 Å². The monoisotopic (exact) mass is 443 g/mol. The second-order valence-electron chi connectivity index (χ2n) is 7.41. The van der Waals surface area contributed by atoms with Gasteiger partial charge < -0.3 is 9.64 Å². The SMILES string of the molecule is CCN(NC(=O)c1cccc(C(=O)N2CCC(C)CC2)c1)C(=O)OC(=O)c1ccsc1. The van der Waals surface area contributed by atoms with Crippen LogP contribution in [0.2, 0.25) is 0 Å². The Morgan fingerprint density at radius 1 is 1.13 bits per heavy atom. The van der Waals surface area contributed by atoms with Crippen LogP contribution in [0.15, 0.2) is 41.1 Å². The summed E-state index contributed by atoms with van der Waals surface area (Å²) in [6.07, 6.45) is 0.939. The Bertz CT molecular complexity index is 952. The minimum atomic E-state index is -0.985. The zero-order chi connectivity index (χ0) is 22.4. The number of ether oxygens (including phenoxy) is 1. The van der Waals surface area contributed by atoms with Gasteiger partial charge in [0.05, 0.1) is 5.56 Å². The van der Waals surface area contributed by atoms with Crippen molar-refractivity contribution in [1.29, 1.82) is 0 Å². The van der Waals surface area contributed by atoms with Gasteiger partial charge in [0.25, 0.3) is 11.8 Å². The predicted molar refractivity (Wildman–Crippen MR) is 116 cm³/mol. The van der Waals surface area contributed by atoms with E-state index in [1.165, 1.54) is 17.4 Å². The number of piperidine rings is 1. The van der Waals surface area contributed by atoms with Gasteiger partial charge in [-0.3, -0.25) is 15.0 Å². The summed E-state index contributed by atoms with van der Waals surface area (Å²) >= 11 is 1.30. The number of nitrogens with zero attached hydrogens (tertiary/aromatic N) is 2. The molecule has 1 fully saturated rings. The second kappa shape index (κ2) is 10.2. The van der Waals surface area contributed by atoms with Crippen LogP contribution >= 0.6 is 11.3 Å². The molecule has 2 heterocycles. The summed E-state index contributed by atoms with van der Waals surface area (Å²) in [7, 11) is 0. The van der Waals surface area contributed by atoms with Gasteiger partial charge in [0.2, 0.25) is 0 Å². The molecule has 0 unspecified atom stereocenters. The van der Waals surface area contributed by atoms with E-state index in [0.717, 1.165) is 17.9 Å². The molecule has 0 spiro atoms. The molecule has 0 saturated carbocycles. The van der Waals surface area contributed by atoms with Crippen molar-refractivity contribution in [2.75, 3.05) is 19.6 Å². The number of hydrogen-bond donors (Lipinski definition) is 1. The fourth-order valence-electron chi connectivity index (χ4n) is 3.20. The summed E-state index contributed by atoms with van der Waals surface area (Å²) in [6, 6.07) is 7.90. The average molecular weight is 444 g/mol. The van der Waals surface area contributed by atoms with Crippen LogP contribution in [-0.4, -0.2) is 53.4 Å². The van der Waals surface area contributed by atoms with Crippen molar-refractivity contribution in [2.24, 2.45) is 5.92 Å². The Labute approximate surface area is 184 Å². The van der Waals surface area contributed by atoms with Gasteiger partial charge in [0.15, 0.2) is 0 Å². The van der Waals surface area contributed by atoms with E-state index < -0.39 is 18.0 Å². The largest absolute Gasteiger partial charge is 0.436 e. The zero-order valence-corrected chi connectivity index (χ0v) is 18.3. The maximum atomic E-state index is 12.8. The number of hydrogen-bond acceptors (Lipinski definition) is 6. The highest BCUT2D eigenvalue weighted by Gasteiger charge is 2.24. The third-order valence-corrected chi connectivity index (χ3v) is 5.84. The van der Waals surface area contributed by atoms with Crippen LogP contribution in [0.4, 0.5) is 4.79 Å². The van der Waals surface area contributed by atoms with Crippen molar-refractivity contribution >= 4 is 35.2 Å². The molecule has 1 saturated heterocycles. The van der Waals surface area contributed by atoms with E-state index in [1.807, 2.05) is 0 Å². The summed E-state index contributed by atoms with van der Waals surface area (Å²) in [5, 5.41) is 4.17. The summed E-state index contributed by atoms with van der Waals surface area (Å²) in [5.41, 5.74) is 3.34. The number of amides is 3. The van der Waals surface area contributed by atoms with Crippen molar-refractivity contribution in [3.8, 4) is 0 Å². The number of esters is 1. The number of benzene rings is 1. The molecule has 164 valence electrons. The number of nitrogens with one attached hydrogen (secondary N) is 1. The topological polar surface area (TPSA) is 96.0 Å². The zero-order valence-electron chi connectivity index (χ0n) is 17.5. The Balaban J connectivity index is 1.63. The Hall–Kier alpha value is -3.20. The molecule has 0 radical (unpaired) electrons. The van der Waals surface area contributed by atoms with Crippen LogP contribution in [0.3, 0.4) is 0 Å². The molecule has 1 aliphatic heterocycles. The van der Waals surface area contributed by atoms with E-state index in [4.69, 9.17) is 4.74 Å². The molecule has 1 aromatic heterocycles. The lowest BCUT2D eigenvalue weighted by Gasteiger charge is -2.30. The molecule has 1 aromatic carbocycles. The minimum absolute atomic E-state index is 0.0894. The molecule has 0 atom stereocenters. The van der Waals surface area contributed by atoms with E-state index in [2.05, 4.69) is 12.3 Å². The van der Waals surface area contributed by atoms with Gasteiger partial charge in [-0.25, -0.2) is 14.6 Å². The number of carbonyl (C=O) groups excluding carboxylic acids is 4. The third kappa shape index (κ3) is 5.69. The molecule has 3 rings (SSSR count). The van der Waals surface area contributed by atoms with Crippen LogP contribution in [-0.2, 0) is 4.74 Å². The molecule has 1 N–H and O–H groups in total. The molecule has 31 heavy (non-hydrogen) atoms. The predicted octanol–water partition coefficient (Wildman–Crippen LogP) is 3.56. The molecule has 1 aliphatic rings. The van der Waals surface area contributed by atoms with Gasteiger partial charge in [-0.05, 0) is 55.3 Å². The maximum absolute atomic E-state index is 12.8. The quantitative estimate of drug-likeness (QED) is 0.443. The summed E-state index contributed by atoms with van der Waals surface area (Å²) < 4.78 is 4.81. The summed E-state index contributed by atoms with van der Waals surface area (Å²) in [5.74, 6) is -0.881.